The smallest absolute Gasteiger partial charge is 0.264 e. The van der Waals surface area contributed by atoms with Crippen LogP contribution in [-0.2, 0) is 26.2 Å². The van der Waals surface area contributed by atoms with Crippen LogP contribution in [0.5, 0.6) is 5.75 Å². The van der Waals surface area contributed by atoms with Gasteiger partial charge in [-0.25, -0.2) is 8.42 Å². The van der Waals surface area contributed by atoms with Gasteiger partial charge in [0, 0.05) is 17.6 Å². The Bertz CT molecular complexity index is 1520. The van der Waals surface area contributed by atoms with Gasteiger partial charge in [-0.3, -0.25) is 13.9 Å². The van der Waals surface area contributed by atoms with Gasteiger partial charge in [-0.05, 0) is 80.6 Å². The second-order valence-electron chi connectivity index (χ2n) is 11.1. The first-order valence-corrected chi connectivity index (χ1v) is 16.4. The van der Waals surface area contributed by atoms with Crippen molar-refractivity contribution in [1.82, 2.24) is 10.2 Å². The van der Waals surface area contributed by atoms with Crippen molar-refractivity contribution < 1.29 is 22.7 Å². The topological polar surface area (TPSA) is 96.0 Å². The molecule has 0 spiro atoms. The molecule has 43 heavy (non-hydrogen) atoms. The summed E-state index contributed by atoms with van der Waals surface area (Å²) in [6.45, 7) is 5.14. The van der Waals surface area contributed by atoms with Gasteiger partial charge in [0.2, 0.25) is 11.8 Å². The van der Waals surface area contributed by atoms with Gasteiger partial charge in [-0.1, -0.05) is 67.3 Å². The summed E-state index contributed by atoms with van der Waals surface area (Å²) in [6.07, 6.45) is 4.28. The molecule has 230 valence electrons. The lowest BCUT2D eigenvalue weighted by molar-refractivity contribution is -0.140. The number of aryl methyl sites for hydroxylation is 2. The van der Waals surface area contributed by atoms with Crippen LogP contribution in [0, 0.1) is 13.8 Å². The minimum Gasteiger partial charge on any atom is -0.495 e. The molecular weight excluding hydrogens is 586 g/mol. The average molecular weight is 626 g/mol. The number of anilines is 1. The Kier molecular flexibility index (Phi) is 10.7. The number of benzene rings is 3. The minimum atomic E-state index is -4.21. The number of rotatable bonds is 12. The van der Waals surface area contributed by atoms with E-state index in [2.05, 4.69) is 5.32 Å². The lowest BCUT2D eigenvalue weighted by Gasteiger charge is -2.34. The first-order chi connectivity index (χ1) is 20.5. The molecular formula is C33H40ClN3O5S. The summed E-state index contributed by atoms with van der Waals surface area (Å²) in [4.78, 5) is 29.4. The summed E-state index contributed by atoms with van der Waals surface area (Å²) in [5.41, 5.74) is 2.72. The Labute approximate surface area is 260 Å². The molecule has 2 amide bonds. The second kappa shape index (κ2) is 14.3. The molecule has 0 saturated heterocycles. The lowest BCUT2D eigenvalue weighted by atomic mass is 10.1. The highest BCUT2D eigenvalue weighted by Crippen LogP contribution is 2.34. The molecule has 8 nitrogen and oxygen atoms in total. The Morgan fingerprint density at radius 3 is 2.21 bits per heavy atom. The molecule has 1 fully saturated rings. The Balaban J connectivity index is 1.76. The van der Waals surface area contributed by atoms with Gasteiger partial charge in [0.25, 0.3) is 10.0 Å². The van der Waals surface area contributed by atoms with Crippen molar-refractivity contribution >= 4 is 39.1 Å². The van der Waals surface area contributed by atoms with E-state index in [9.17, 15) is 18.0 Å². The van der Waals surface area contributed by atoms with Crippen LogP contribution in [0.4, 0.5) is 5.69 Å². The van der Waals surface area contributed by atoms with E-state index in [0.29, 0.717) is 17.2 Å². The number of carbonyl (C=O) groups excluding carboxylic acids is 2. The van der Waals surface area contributed by atoms with Gasteiger partial charge in [0.05, 0.1) is 17.7 Å². The van der Waals surface area contributed by atoms with Crippen molar-refractivity contribution in [2.75, 3.05) is 18.0 Å². The van der Waals surface area contributed by atoms with Crippen LogP contribution < -0.4 is 14.4 Å². The van der Waals surface area contributed by atoms with Crippen LogP contribution in [0.2, 0.25) is 5.02 Å². The Hall–Kier alpha value is -3.56. The third-order valence-electron chi connectivity index (χ3n) is 7.84. The number of hydrogen-bond acceptors (Lipinski definition) is 5. The van der Waals surface area contributed by atoms with E-state index in [1.54, 1.807) is 48.5 Å². The largest absolute Gasteiger partial charge is 0.495 e. The maximum Gasteiger partial charge on any atom is 0.264 e. The number of ether oxygens (including phenoxy) is 1. The molecule has 0 heterocycles. The summed E-state index contributed by atoms with van der Waals surface area (Å²) < 4.78 is 35.0. The Morgan fingerprint density at radius 1 is 0.977 bits per heavy atom. The van der Waals surface area contributed by atoms with Gasteiger partial charge in [-0.2, -0.15) is 0 Å². The molecule has 0 aliphatic heterocycles. The number of carbonyl (C=O) groups is 2. The third kappa shape index (κ3) is 7.89. The summed E-state index contributed by atoms with van der Waals surface area (Å²) >= 11 is 6.11. The molecule has 1 aliphatic carbocycles. The zero-order chi connectivity index (χ0) is 31.1. The van der Waals surface area contributed by atoms with Crippen LogP contribution in [0.3, 0.4) is 0 Å². The summed E-state index contributed by atoms with van der Waals surface area (Å²) in [5, 5.41) is 3.68. The molecule has 1 aliphatic rings. The maximum absolute atomic E-state index is 14.3. The van der Waals surface area contributed by atoms with Crippen molar-refractivity contribution in [1.29, 1.82) is 0 Å². The molecule has 0 bridgehead atoms. The third-order valence-corrected chi connectivity index (χ3v) is 9.87. The normalized spacial score (nSPS) is 14.3. The Morgan fingerprint density at radius 2 is 1.60 bits per heavy atom. The number of amides is 2. The first kappa shape index (κ1) is 32.4. The average Bonchev–Trinajstić information content (AvgIpc) is 3.50. The molecule has 3 aromatic rings. The van der Waals surface area contributed by atoms with E-state index >= 15 is 0 Å². The number of nitrogens with one attached hydrogen (secondary N) is 1. The molecule has 3 aromatic carbocycles. The number of halogens is 1. The van der Waals surface area contributed by atoms with E-state index in [4.69, 9.17) is 16.3 Å². The van der Waals surface area contributed by atoms with Gasteiger partial charge in [0.15, 0.2) is 0 Å². The van der Waals surface area contributed by atoms with Gasteiger partial charge in [0.1, 0.15) is 18.3 Å². The summed E-state index contributed by atoms with van der Waals surface area (Å²) in [5.74, 6) is -0.440. The van der Waals surface area contributed by atoms with Crippen LogP contribution in [-0.4, -0.2) is 50.9 Å². The maximum atomic E-state index is 14.3. The van der Waals surface area contributed by atoms with Crippen LogP contribution >= 0.6 is 11.6 Å². The van der Waals surface area contributed by atoms with E-state index in [1.807, 2.05) is 26.8 Å². The van der Waals surface area contributed by atoms with Crippen LogP contribution in [0.15, 0.2) is 71.6 Å². The van der Waals surface area contributed by atoms with Crippen molar-refractivity contribution in [2.45, 2.75) is 76.4 Å². The highest BCUT2D eigenvalue weighted by Gasteiger charge is 2.35. The van der Waals surface area contributed by atoms with E-state index < -0.39 is 28.5 Å². The first-order valence-electron chi connectivity index (χ1n) is 14.6. The fraction of sp³-hybridized carbons (Fsp3) is 0.394. The zero-order valence-corrected chi connectivity index (χ0v) is 26.7. The number of hydrogen-bond donors (Lipinski definition) is 1. The lowest BCUT2D eigenvalue weighted by Crippen LogP contribution is -2.53. The van der Waals surface area contributed by atoms with Gasteiger partial charge >= 0.3 is 0 Å². The highest BCUT2D eigenvalue weighted by molar-refractivity contribution is 7.92. The molecule has 10 heteroatoms. The van der Waals surface area contributed by atoms with E-state index in [1.165, 1.54) is 24.1 Å². The second-order valence-corrected chi connectivity index (χ2v) is 13.4. The van der Waals surface area contributed by atoms with Crippen molar-refractivity contribution in [2.24, 2.45) is 0 Å². The quantitative estimate of drug-likeness (QED) is 0.265. The minimum absolute atomic E-state index is 0.0460. The monoisotopic (exact) mass is 625 g/mol. The predicted molar refractivity (Wildman–Crippen MR) is 170 cm³/mol. The zero-order valence-electron chi connectivity index (χ0n) is 25.2. The highest BCUT2D eigenvalue weighted by atomic mass is 35.5. The standard InChI is InChI=1S/C33H40ClN3O5S/c1-5-29(33(39)35-27-8-6-7-9-27)36(21-25-13-15-26(34)16-14-25)32(38)22-37(30-20-24(3)12-19-31(30)42-4)43(40,41)28-17-10-23(2)11-18-28/h10-20,27,29H,5-9,21-22H2,1-4H3,(H,35,39)/t29-/m0/s1. The molecule has 1 saturated carbocycles. The van der Waals surface area contributed by atoms with Crippen molar-refractivity contribution in [3.63, 3.8) is 0 Å². The molecule has 1 atom stereocenters. The number of sulfonamides is 1. The van der Waals surface area contributed by atoms with Gasteiger partial charge < -0.3 is 15.0 Å². The van der Waals surface area contributed by atoms with Crippen LogP contribution in [0.1, 0.15) is 55.7 Å². The van der Waals surface area contributed by atoms with E-state index in [-0.39, 0.29) is 29.1 Å². The number of methoxy groups -OCH3 is 1. The molecule has 0 unspecified atom stereocenters. The molecule has 0 aromatic heterocycles. The van der Waals surface area contributed by atoms with Gasteiger partial charge in [-0.15, -0.1) is 0 Å². The summed E-state index contributed by atoms with van der Waals surface area (Å²) in [7, 11) is -2.75. The fourth-order valence-corrected chi connectivity index (χ4v) is 6.96. The van der Waals surface area contributed by atoms with Crippen molar-refractivity contribution in [3.05, 3.63) is 88.4 Å². The molecule has 1 N–H and O–H groups in total. The molecule has 0 radical (unpaired) electrons. The number of nitrogens with zero attached hydrogens (tertiary/aromatic N) is 2. The fourth-order valence-electron chi connectivity index (χ4n) is 5.42. The van der Waals surface area contributed by atoms with Crippen LogP contribution in [0.25, 0.3) is 0 Å². The van der Waals surface area contributed by atoms with Crippen molar-refractivity contribution in [3.8, 4) is 5.75 Å². The summed E-state index contributed by atoms with van der Waals surface area (Å²) in [6, 6.07) is 18.0. The SMILES string of the molecule is CC[C@@H](C(=O)NC1CCCC1)N(Cc1ccc(Cl)cc1)C(=O)CN(c1cc(C)ccc1OC)S(=O)(=O)c1ccc(C)cc1. The predicted octanol–water partition coefficient (Wildman–Crippen LogP) is 6.03. The molecule has 4 rings (SSSR count). The van der Waals surface area contributed by atoms with E-state index in [0.717, 1.165) is 46.7 Å².